The maximum Gasteiger partial charge on any atom is 0.0462 e. The van der Waals surface area contributed by atoms with Crippen molar-refractivity contribution in [1.29, 1.82) is 0 Å². The van der Waals surface area contributed by atoms with Crippen molar-refractivity contribution in [3.05, 3.63) is 0 Å². The van der Waals surface area contributed by atoms with Crippen LogP contribution in [0.25, 0.3) is 0 Å². The highest BCUT2D eigenvalue weighted by Gasteiger charge is 2.35. The number of hydrogen-bond acceptors (Lipinski definition) is 2. The predicted molar refractivity (Wildman–Crippen MR) is 60.2 cm³/mol. The molecule has 0 radical (unpaired) electrons. The van der Waals surface area contributed by atoms with Gasteiger partial charge in [0.05, 0.1) is 0 Å². The Balaban J connectivity index is 2.24. The summed E-state index contributed by atoms with van der Waals surface area (Å²) >= 11 is 0. The third-order valence-corrected chi connectivity index (χ3v) is 3.69. The molecule has 1 rings (SSSR count). The Labute approximate surface area is 88.2 Å². The summed E-state index contributed by atoms with van der Waals surface area (Å²) in [5, 5.41) is 0. The van der Waals surface area contributed by atoms with E-state index in [1.807, 2.05) is 0 Å². The van der Waals surface area contributed by atoms with Crippen LogP contribution in [-0.2, 0) is 4.74 Å². The lowest BCUT2D eigenvalue weighted by molar-refractivity contribution is 0.181. The van der Waals surface area contributed by atoms with Gasteiger partial charge in [0.1, 0.15) is 0 Å². The molecule has 0 heterocycles. The third kappa shape index (κ3) is 3.25. The first kappa shape index (κ1) is 12.0. The van der Waals surface area contributed by atoms with Gasteiger partial charge in [-0.05, 0) is 43.6 Å². The standard InChI is InChI=1S/C12H25NO/c1-11-5-7-12(9-11,10-13)6-3-4-8-14-2/h11H,3-10,13H2,1-2H3. The molecule has 1 fully saturated rings. The minimum absolute atomic E-state index is 0.479. The molecule has 0 amide bonds. The summed E-state index contributed by atoms with van der Waals surface area (Å²) in [7, 11) is 1.77. The summed E-state index contributed by atoms with van der Waals surface area (Å²) in [6.45, 7) is 4.13. The van der Waals surface area contributed by atoms with E-state index in [9.17, 15) is 0 Å². The summed E-state index contributed by atoms with van der Waals surface area (Å²) in [4.78, 5) is 0. The van der Waals surface area contributed by atoms with Crippen molar-refractivity contribution in [2.45, 2.75) is 45.4 Å². The van der Waals surface area contributed by atoms with Gasteiger partial charge in [-0.15, -0.1) is 0 Å². The van der Waals surface area contributed by atoms with Crippen molar-refractivity contribution in [1.82, 2.24) is 0 Å². The predicted octanol–water partition coefficient (Wildman–Crippen LogP) is 2.57. The fourth-order valence-electron chi connectivity index (χ4n) is 2.76. The van der Waals surface area contributed by atoms with Crippen LogP contribution in [0.1, 0.15) is 45.4 Å². The number of rotatable bonds is 6. The molecule has 0 spiro atoms. The molecule has 1 aliphatic carbocycles. The Morgan fingerprint density at radius 3 is 2.71 bits per heavy atom. The van der Waals surface area contributed by atoms with Gasteiger partial charge in [0, 0.05) is 13.7 Å². The van der Waals surface area contributed by atoms with E-state index in [1.165, 1.54) is 38.5 Å². The van der Waals surface area contributed by atoms with E-state index in [0.29, 0.717) is 5.41 Å². The lowest BCUT2D eigenvalue weighted by Crippen LogP contribution is -2.27. The summed E-state index contributed by atoms with van der Waals surface area (Å²) in [5.74, 6) is 0.890. The molecule has 1 saturated carbocycles. The molecule has 2 atom stereocenters. The smallest absolute Gasteiger partial charge is 0.0462 e. The number of nitrogens with two attached hydrogens (primary N) is 1. The van der Waals surface area contributed by atoms with Gasteiger partial charge in [0.25, 0.3) is 0 Å². The first-order valence-electron chi connectivity index (χ1n) is 5.91. The van der Waals surface area contributed by atoms with Crippen molar-refractivity contribution in [3.63, 3.8) is 0 Å². The maximum atomic E-state index is 5.91. The van der Waals surface area contributed by atoms with Gasteiger partial charge in [-0.3, -0.25) is 0 Å². The Hall–Kier alpha value is -0.0800. The van der Waals surface area contributed by atoms with E-state index in [0.717, 1.165) is 19.1 Å². The van der Waals surface area contributed by atoms with E-state index in [4.69, 9.17) is 10.5 Å². The Morgan fingerprint density at radius 1 is 1.43 bits per heavy atom. The van der Waals surface area contributed by atoms with E-state index < -0.39 is 0 Å². The summed E-state index contributed by atoms with van der Waals surface area (Å²) in [5.41, 5.74) is 6.39. The molecule has 84 valence electrons. The molecule has 0 aliphatic heterocycles. The Bertz CT molecular complexity index is 160. The fourth-order valence-corrected chi connectivity index (χ4v) is 2.76. The van der Waals surface area contributed by atoms with Crippen molar-refractivity contribution >= 4 is 0 Å². The Morgan fingerprint density at radius 2 is 2.21 bits per heavy atom. The van der Waals surface area contributed by atoms with Gasteiger partial charge in [0.15, 0.2) is 0 Å². The molecular formula is C12H25NO. The third-order valence-electron chi connectivity index (χ3n) is 3.69. The lowest BCUT2D eigenvalue weighted by atomic mass is 9.80. The minimum Gasteiger partial charge on any atom is -0.385 e. The number of methoxy groups -OCH3 is 1. The molecule has 2 heteroatoms. The lowest BCUT2D eigenvalue weighted by Gasteiger charge is -2.27. The van der Waals surface area contributed by atoms with Crippen LogP contribution in [0.2, 0.25) is 0 Å². The molecule has 0 aromatic carbocycles. The van der Waals surface area contributed by atoms with Crippen LogP contribution in [0.4, 0.5) is 0 Å². The van der Waals surface area contributed by atoms with Gasteiger partial charge in [-0.25, -0.2) is 0 Å². The quantitative estimate of drug-likeness (QED) is 0.667. The normalized spacial score (nSPS) is 32.4. The zero-order chi connectivity index (χ0) is 10.4. The van der Waals surface area contributed by atoms with Gasteiger partial charge >= 0.3 is 0 Å². The molecule has 0 aromatic rings. The van der Waals surface area contributed by atoms with Gasteiger partial charge < -0.3 is 10.5 Å². The second kappa shape index (κ2) is 5.72. The van der Waals surface area contributed by atoms with Gasteiger partial charge in [-0.2, -0.15) is 0 Å². The summed E-state index contributed by atoms with van der Waals surface area (Å²) in [6, 6.07) is 0. The van der Waals surface area contributed by atoms with Crippen LogP contribution in [0.3, 0.4) is 0 Å². The average molecular weight is 199 g/mol. The number of ether oxygens (including phenoxy) is 1. The molecule has 2 N–H and O–H groups in total. The zero-order valence-corrected chi connectivity index (χ0v) is 9.72. The highest BCUT2D eigenvalue weighted by molar-refractivity contribution is 4.88. The van der Waals surface area contributed by atoms with Crippen LogP contribution in [0.5, 0.6) is 0 Å². The summed E-state index contributed by atoms with van der Waals surface area (Å²) in [6.07, 6.45) is 7.83. The SMILES string of the molecule is COCCCCC1(CN)CCC(C)C1. The van der Waals surface area contributed by atoms with Gasteiger partial charge in [-0.1, -0.05) is 19.8 Å². The molecule has 0 bridgehead atoms. The summed E-state index contributed by atoms with van der Waals surface area (Å²) < 4.78 is 5.06. The second-order valence-electron chi connectivity index (χ2n) is 5.00. The molecule has 2 unspecified atom stereocenters. The molecule has 1 aliphatic rings. The zero-order valence-electron chi connectivity index (χ0n) is 9.72. The van der Waals surface area contributed by atoms with Crippen LogP contribution in [0, 0.1) is 11.3 Å². The molecule has 0 saturated heterocycles. The Kier molecular flexibility index (Phi) is 4.90. The van der Waals surface area contributed by atoms with E-state index in [2.05, 4.69) is 6.92 Å². The monoisotopic (exact) mass is 199 g/mol. The van der Waals surface area contributed by atoms with Crippen LogP contribution in [-0.4, -0.2) is 20.3 Å². The van der Waals surface area contributed by atoms with Crippen molar-refractivity contribution < 1.29 is 4.74 Å². The average Bonchev–Trinajstić information content (AvgIpc) is 2.56. The largest absolute Gasteiger partial charge is 0.385 e. The minimum atomic E-state index is 0.479. The van der Waals surface area contributed by atoms with E-state index in [-0.39, 0.29) is 0 Å². The van der Waals surface area contributed by atoms with Gasteiger partial charge in [0.2, 0.25) is 0 Å². The van der Waals surface area contributed by atoms with Crippen LogP contribution < -0.4 is 5.73 Å². The molecular weight excluding hydrogens is 174 g/mol. The highest BCUT2D eigenvalue weighted by Crippen LogP contribution is 2.44. The highest BCUT2D eigenvalue weighted by atomic mass is 16.5. The molecule has 0 aromatic heterocycles. The number of hydrogen-bond donors (Lipinski definition) is 1. The van der Waals surface area contributed by atoms with Crippen molar-refractivity contribution in [2.24, 2.45) is 17.1 Å². The first-order valence-corrected chi connectivity index (χ1v) is 5.91. The first-order chi connectivity index (χ1) is 6.72. The van der Waals surface area contributed by atoms with E-state index >= 15 is 0 Å². The molecule has 2 nitrogen and oxygen atoms in total. The van der Waals surface area contributed by atoms with Crippen LogP contribution >= 0.6 is 0 Å². The fraction of sp³-hybridized carbons (Fsp3) is 1.00. The number of unbranched alkanes of at least 4 members (excludes halogenated alkanes) is 1. The van der Waals surface area contributed by atoms with Crippen LogP contribution in [0.15, 0.2) is 0 Å². The molecule has 14 heavy (non-hydrogen) atoms. The van der Waals surface area contributed by atoms with Crippen molar-refractivity contribution in [2.75, 3.05) is 20.3 Å². The second-order valence-corrected chi connectivity index (χ2v) is 5.00. The van der Waals surface area contributed by atoms with Crippen molar-refractivity contribution in [3.8, 4) is 0 Å². The topological polar surface area (TPSA) is 35.2 Å². The van der Waals surface area contributed by atoms with E-state index in [1.54, 1.807) is 7.11 Å². The maximum absolute atomic E-state index is 5.91.